The summed E-state index contributed by atoms with van der Waals surface area (Å²) in [7, 11) is 3.61. The van der Waals surface area contributed by atoms with Crippen LogP contribution in [0.15, 0.2) is 30.6 Å². The van der Waals surface area contributed by atoms with Crippen molar-refractivity contribution in [2.24, 2.45) is 7.05 Å². The number of aliphatic hydroxyl groups excluding tert-OH is 1. The van der Waals surface area contributed by atoms with E-state index < -0.39 is 11.5 Å². The van der Waals surface area contributed by atoms with E-state index >= 15 is 0 Å². The number of aliphatic hydroxyl groups is 1. The zero-order valence-corrected chi connectivity index (χ0v) is 18.3. The molecule has 8 heteroatoms. The van der Waals surface area contributed by atoms with Crippen LogP contribution in [0, 0.1) is 0 Å². The number of carbonyl (C=O) groups is 1. The summed E-state index contributed by atoms with van der Waals surface area (Å²) in [5, 5.41) is 14.3. The highest BCUT2D eigenvalue weighted by molar-refractivity contribution is 5.98. The lowest BCUT2D eigenvalue weighted by atomic mass is 9.78. The number of aromatic nitrogens is 3. The molecule has 0 aliphatic carbocycles. The summed E-state index contributed by atoms with van der Waals surface area (Å²) in [6.07, 6.45) is 3.86. The standard InChI is InChI=1S/C23H28N4O4/c1-14(28)23(5-6-31-13-23)21-8-16(12-30-4)7-19(26-21)18-11-27(3)20-10-24-22(9-17(18)20)25-15(2)29/h7-11,14,28H,5-6,12-13H2,1-4H3,(H,24,25,29)/t14-,23-/m1/s1. The Kier molecular flexibility index (Phi) is 5.79. The van der Waals surface area contributed by atoms with Crippen LogP contribution in [0.3, 0.4) is 0 Å². The zero-order valence-electron chi connectivity index (χ0n) is 18.3. The van der Waals surface area contributed by atoms with Crippen molar-refractivity contribution in [1.29, 1.82) is 0 Å². The van der Waals surface area contributed by atoms with Crippen molar-refractivity contribution in [2.45, 2.75) is 38.4 Å². The van der Waals surface area contributed by atoms with E-state index in [1.165, 1.54) is 6.92 Å². The SMILES string of the molecule is COCc1cc(-c2cn(C)c3cnc(NC(C)=O)cc23)nc([C@]2([C@@H](C)O)CCOC2)c1. The molecule has 0 radical (unpaired) electrons. The summed E-state index contributed by atoms with van der Waals surface area (Å²) in [6.45, 7) is 4.71. The second-order valence-electron chi connectivity index (χ2n) is 8.24. The second kappa shape index (κ2) is 8.37. The second-order valence-corrected chi connectivity index (χ2v) is 8.24. The quantitative estimate of drug-likeness (QED) is 0.631. The molecule has 1 aliphatic heterocycles. The predicted molar refractivity (Wildman–Crippen MR) is 118 cm³/mol. The van der Waals surface area contributed by atoms with E-state index in [1.54, 1.807) is 20.2 Å². The first-order chi connectivity index (χ1) is 14.8. The molecule has 3 aromatic heterocycles. The molecule has 8 nitrogen and oxygen atoms in total. The number of nitrogens with zero attached hydrogens (tertiary/aromatic N) is 3. The highest BCUT2D eigenvalue weighted by atomic mass is 16.5. The molecule has 1 aliphatic rings. The van der Waals surface area contributed by atoms with Gasteiger partial charge in [0.15, 0.2) is 0 Å². The van der Waals surface area contributed by atoms with Crippen molar-refractivity contribution in [1.82, 2.24) is 14.5 Å². The molecule has 2 N–H and O–H groups in total. The molecule has 0 aromatic carbocycles. The van der Waals surface area contributed by atoms with E-state index in [2.05, 4.69) is 10.3 Å². The largest absolute Gasteiger partial charge is 0.392 e. The lowest BCUT2D eigenvalue weighted by molar-refractivity contribution is -0.114. The fraction of sp³-hybridized carbons (Fsp3) is 0.435. The van der Waals surface area contributed by atoms with Gasteiger partial charge in [-0.15, -0.1) is 0 Å². The van der Waals surface area contributed by atoms with Crippen LogP contribution in [0.4, 0.5) is 5.82 Å². The third-order valence-corrected chi connectivity index (χ3v) is 6.01. The highest BCUT2D eigenvalue weighted by Gasteiger charge is 2.43. The zero-order chi connectivity index (χ0) is 22.2. The fourth-order valence-corrected chi connectivity index (χ4v) is 4.29. The van der Waals surface area contributed by atoms with Gasteiger partial charge < -0.3 is 24.5 Å². The third-order valence-electron chi connectivity index (χ3n) is 6.01. The summed E-state index contributed by atoms with van der Waals surface area (Å²) in [5.41, 5.74) is 3.86. The molecular weight excluding hydrogens is 396 g/mol. The van der Waals surface area contributed by atoms with Crippen LogP contribution >= 0.6 is 0 Å². The molecule has 0 saturated carbocycles. The number of ether oxygens (including phenoxy) is 2. The van der Waals surface area contributed by atoms with Gasteiger partial charge in [-0.3, -0.25) is 9.78 Å². The van der Waals surface area contributed by atoms with Gasteiger partial charge in [0.25, 0.3) is 0 Å². The lowest BCUT2D eigenvalue weighted by Gasteiger charge is -2.30. The maximum atomic E-state index is 11.5. The number of anilines is 1. The van der Waals surface area contributed by atoms with E-state index in [1.807, 2.05) is 36.0 Å². The van der Waals surface area contributed by atoms with Gasteiger partial charge in [-0.1, -0.05) is 0 Å². The summed E-state index contributed by atoms with van der Waals surface area (Å²) in [5.74, 6) is 0.317. The minimum atomic E-state index is -0.601. The predicted octanol–water partition coefficient (Wildman–Crippen LogP) is 2.78. The van der Waals surface area contributed by atoms with Crippen molar-refractivity contribution in [3.05, 3.63) is 41.9 Å². The minimum absolute atomic E-state index is 0.174. The van der Waals surface area contributed by atoms with Crippen molar-refractivity contribution >= 4 is 22.6 Å². The first kappa shape index (κ1) is 21.4. The summed E-state index contributed by atoms with van der Waals surface area (Å²) < 4.78 is 13.1. The molecule has 1 amide bonds. The van der Waals surface area contributed by atoms with Crippen LogP contribution in [0.1, 0.15) is 31.5 Å². The van der Waals surface area contributed by atoms with Crippen LogP contribution in [0.25, 0.3) is 22.2 Å². The number of hydrogen-bond donors (Lipinski definition) is 2. The molecule has 4 heterocycles. The first-order valence-corrected chi connectivity index (χ1v) is 10.3. The van der Waals surface area contributed by atoms with E-state index in [0.717, 1.165) is 33.4 Å². The summed E-state index contributed by atoms with van der Waals surface area (Å²) in [4.78, 5) is 20.8. The van der Waals surface area contributed by atoms with Gasteiger partial charge >= 0.3 is 0 Å². The van der Waals surface area contributed by atoms with Crippen LogP contribution < -0.4 is 5.32 Å². The number of carbonyl (C=O) groups excluding carboxylic acids is 1. The Labute approximate surface area is 181 Å². The molecule has 0 bridgehead atoms. The highest BCUT2D eigenvalue weighted by Crippen LogP contribution is 2.38. The molecular formula is C23H28N4O4. The van der Waals surface area contributed by atoms with Crippen LogP contribution in [-0.4, -0.2) is 52.0 Å². The monoisotopic (exact) mass is 424 g/mol. The molecule has 1 saturated heterocycles. The van der Waals surface area contributed by atoms with Crippen LogP contribution in [0.5, 0.6) is 0 Å². The number of methoxy groups -OCH3 is 1. The Hall–Kier alpha value is -2.81. The molecule has 0 unspecified atom stereocenters. The molecule has 4 rings (SSSR count). The van der Waals surface area contributed by atoms with Gasteiger partial charge in [-0.05, 0) is 37.1 Å². The number of aryl methyl sites for hydroxylation is 1. The Morgan fingerprint density at radius 1 is 1.42 bits per heavy atom. The Morgan fingerprint density at radius 3 is 2.87 bits per heavy atom. The smallest absolute Gasteiger partial charge is 0.222 e. The van der Waals surface area contributed by atoms with E-state index in [9.17, 15) is 9.90 Å². The molecule has 31 heavy (non-hydrogen) atoms. The van der Waals surface area contributed by atoms with Crippen molar-refractivity contribution < 1.29 is 19.4 Å². The summed E-state index contributed by atoms with van der Waals surface area (Å²) >= 11 is 0. The number of hydrogen-bond acceptors (Lipinski definition) is 6. The average molecular weight is 425 g/mol. The molecule has 3 aromatic rings. The Bertz CT molecular complexity index is 1120. The van der Waals surface area contributed by atoms with Gasteiger partial charge in [-0.2, -0.15) is 0 Å². The van der Waals surface area contributed by atoms with Gasteiger partial charge in [0, 0.05) is 44.8 Å². The number of fused-ring (bicyclic) bond motifs is 1. The van der Waals surface area contributed by atoms with E-state index in [-0.39, 0.29) is 5.91 Å². The lowest BCUT2D eigenvalue weighted by Crippen LogP contribution is -2.39. The van der Waals surface area contributed by atoms with Crippen molar-refractivity contribution in [3.8, 4) is 11.3 Å². The van der Waals surface area contributed by atoms with Gasteiger partial charge in [0.05, 0.1) is 47.8 Å². The molecule has 1 fully saturated rings. The normalized spacial score (nSPS) is 19.6. The maximum Gasteiger partial charge on any atom is 0.222 e. The van der Waals surface area contributed by atoms with Crippen molar-refractivity contribution in [2.75, 3.05) is 25.6 Å². The number of pyridine rings is 2. The molecule has 2 atom stereocenters. The summed E-state index contributed by atoms with van der Waals surface area (Å²) in [6, 6.07) is 5.87. The van der Waals surface area contributed by atoms with Crippen molar-refractivity contribution in [3.63, 3.8) is 0 Å². The number of rotatable bonds is 6. The topological polar surface area (TPSA) is 98.5 Å². The van der Waals surface area contributed by atoms with Gasteiger partial charge in [0.2, 0.25) is 5.91 Å². The Balaban J connectivity index is 1.90. The van der Waals surface area contributed by atoms with E-state index in [4.69, 9.17) is 14.5 Å². The molecule has 0 spiro atoms. The van der Waals surface area contributed by atoms with Crippen LogP contribution in [-0.2, 0) is 33.3 Å². The first-order valence-electron chi connectivity index (χ1n) is 10.3. The van der Waals surface area contributed by atoms with Crippen LogP contribution in [0.2, 0.25) is 0 Å². The van der Waals surface area contributed by atoms with Gasteiger partial charge in [0.1, 0.15) is 5.82 Å². The maximum absolute atomic E-state index is 11.5. The third kappa shape index (κ3) is 3.94. The van der Waals surface area contributed by atoms with Gasteiger partial charge in [-0.25, -0.2) is 4.98 Å². The minimum Gasteiger partial charge on any atom is -0.392 e. The van der Waals surface area contributed by atoms with E-state index in [0.29, 0.717) is 32.1 Å². The number of nitrogens with one attached hydrogen (secondary N) is 1. The Morgan fingerprint density at radius 2 is 2.23 bits per heavy atom. The molecule has 164 valence electrons. The fourth-order valence-electron chi connectivity index (χ4n) is 4.29. The average Bonchev–Trinajstić information content (AvgIpc) is 3.34. The number of amides is 1.